The molecule has 1 aromatic heterocycles. The minimum absolute atomic E-state index is 0.0601. The van der Waals surface area contributed by atoms with Crippen molar-refractivity contribution in [1.29, 1.82) is 0 Å². The standard InChI is InChI=1S/C17H24N4O4/c1-3-19-8-9-20(17(24)16(19)23)11-15(22)21-7-5-4-6-14(21)13-10-12(2)25-18-13/h10,14H,3-9,11H2,1-2H3/t14-/m1/s1. The third kappa shape index (κ3) is 3.52. The Labute approximate surface area is 146 Å². The number of aryl methyl sites for hydroxylation is 1. The van der Waals surface area contributed by atoms with Gasteiger partial charge in [-0.3, -0.25) is 14.4 Å². The molecule has 0 bridgehead atoms. The van der Waals surface area contributed by atoms with Crippen molar-refractivity contribution in [2.75, 3.05) is 32.7 Å². The lowest BCUT2D eigenvalue weighted by Crippen LogP contribution is -2.56. The molecule has 3 heterocycles. The lowest BCUT2D eigenvalue weighted by molar-refractivity contribution is -0.158. The smallest absolute Gasteiger partial charge is 0.312 e. The summed E-state index contributed by atoms with van der Waals surface area (Å²) in [6.07, 6.45) is 2.77. The number of piperazine rings is 1. The Morgan fingerprint density at radius 1 is 1.20 bits per heavy atom. The maximum absolute atomic E-state index is 12.8. The quantitative estimate of drug-likeness (QED) is 0.749. The molecule has 2 fully saturated rings. The number of piperidine rings is 1. The lowest BCUT2D eigenvalue weighted by Gasteiger charge is -2.37. The van der Waals surface area contributed by atoms with Crippen LogP contribution in [0.1, 0.15) is 43.7 Å². The van der Waals surface area contributed by atoms with Gasteiger partial charge in [0.2, 0.25) is 5.91 Å². The molecule has 25 heavy (non-hydrogen) atoms. The van der Waals surface area contributed by atoms with Gasteiger partial charge in [-0.05, 0) is 33.1 Å². The van der Waals surface area contributed by atoms with Crippen LogP contribution in [-0.2, 0) is 14.4 Å². The highest BCUT2D eigenvalue weighted by atomic mass is 16.5. The molecule has 0 spiro atoms. The topological polar surface area (TPSA) is 87.0 Å². The van der Waals surface area contributed by atoms with Crippen LogP contribution in [0.3, 0.4) is 0 Å². The SMILES string of the molecule is CCN1CCN(CC(=O)N2CCCC[C@@H]2c2cc(C)on2)C(=O)C1=O. The largest absolute Gasteiger partial charge is 0.361 e. The molecule has 0 N–H and O–H groups in total. The van der Waals surface area contributed by atoms with Crippen molar-refractivity contribution in [3.05, 3.63) is 17.5 Å². The van der Waals surface area contributed by atoms with E-state index in [1.165, 1.54) is 9.80 Å². The molecule has 8 heteroatoms. The summed E-state index contributed by atoms with van der Waals surface area (Å²) in [5.41, 5.74) is 0.753. The number of amides is 3. The van der Waals surface area contributed by atoms with Gasteiger partial charge in [0.05, 0.1) is 6.04 Å². The van der Waals surface area contributed by atoms with Crippen LogP contribution in [0.5, 0.6) is 0 Å². The van der Waals surface area contributed by atoms with Crippen LogP contribution in [0.2, 0.25) is 0 Å². The van der Waals surface area contributed by atoms with E-state index in [1.807, 2.05) is 19.9 Å². The molecular weight excluding hydrogens is 324 g/mol. The number of hydrogen-bond donors (Lipinski definition) is 0. The molecule has 3 amide bonds. The predicted molar refractivity (Wildman–Crippen MR) is 88.4 cm³/mol. The Bertz CT molecular complexity index is 671. The summed E-state index contributed by atoms with van der Waals surface area (Å²) < 4.78 is 5.15. The van der Waals surface area contributed by atoms with E-state index in [9.17, 15) is 14.4 Å². The molecule has 1 atom stereocenters. The number of carbonyl (C=O) groups is 3. The first kappa shape index (κ1) is 17.4. The summed E-state index contributed by atoms with van der Waals surface area (Å²) in [6.45, 7) is 5.60. The van der Waals surface area contributed by atoms with E-state index in [-0.39, 0.29) is 18.5 Å². The molecule has 1 aromatic rings. The summed E-state index contributed by atoms with van der Waals surface area (Å²) in [7, 11) is 0. The minimum atomic E-state index is -0.590. The Balaban J connectivity index is 1.69. The minimum Gasteiger partial charge on any atom is -0.361 e. The number of likely N-dealkylation sites (N-methyl/N-ethyl adjacent to an activating group) is 1. The average molecular weight is 348 g/mol. The maximum atomic E-state index is 12.8. The van der Waals surface area contributed by atoms with Crippen molar-refractivity contribution in [2.24, 2.45) is 0 Å². The van der Waals surface area contributed by atoms with Crippen molar-refractivity contribution in [3.8, 4) is 0 Å². The lowest BCUT2D eigenvalue weighted by atomic mass is 9.99. The molecular formula is C17H24N4O4. The number of carbonyl (C=O) groups excluding carboxylic acids is 3. The zero-order chi connectivity index (χ0) is 18.0. The summed E-state index contributed by atoms with van der Waals surface area (Å²) in [5.74, 6) is -0.544. The Morgan fingerprint density at radius 2 is 1.92 bits per heavy atom. The summed E-state index contributed by atoms with van der Waals surface area (Å²) in [5, 5.41) is 4.06. The van der Waals surface area contributed by atoms with E-state index in [0.29, 0.717) is 31.9 Å². The third-order valence-electron chi connectivity index (χ3n) is 4.92. The molecule has 136 valence electrons. The Hall–Kier alpha value is -2.38. The van der Waals surface area contributed by atoms with Crippen LogP contribution in [0.4, 0.5) is 0 Å². The van der Waals surface area contributed by atoms with E-state index >= 15 is 0 Å². The number of rotatable bonds is 4. The highest BCUT2D eigenvalue weighted by molar-refractivity contribution is 6.35. The molecule has 2 aliphatic heterocycles. The summed E-state index contributed by atoms with van der Waals surface area (Å²) in [6, 6.07) is 1.73. The van der Waals surface area contributed by atoms with Crippen LogP contribution < -0.4 is 0 Å². The van der Waals surface area contributed by atoms with Crippen LogP contribution in [0, 0.1) is 6.92 Å². The first-order valence-electron chi connectivity index (χ1n) is 8.82. The molecule has 0 aliphatic carbocycles. The second-order valence-corrected chi connectivity index (χ2v) is 6.57. The average Bonchev–Trinajstić information content (AvgIpc) is 3.05. The summed E-state index contributed by atoms with van der Waals surface area (Å²) >= 11 is 0. The zero-order valence-electron chi connectivity index (χ0n) is 14.7. The van der Waals surface area contributed by atoms with Gasteiger partial charge in [-0.25, -0.2) is 0 Å². The fraction of sp³-hybridized carbons (Fsp3) is 0.647. The molecule has 8 nitrogen and oxygen atoms in total. The van der Waals surface area contributed by atoms with Gasteiger partial charge < -0.3 is 19.2 Å². The second kappa shape index (κ2) is 7.25. The van der Waals surface area contributed by atoms with Gasteiger partial charge in [-0.1, -0.05) is 5.16 Å². The van der Waals surface area contributed by atoms with E-state index < -0.39 is 11.8 Å². The van der Waals surface area contributed by atoms with E-state index in [1.54, 1.807) is 4.90 Å². The number of aromatic nitrogens is 1. The number of nitrogens with zero attached hydrogens (tertiary/aromatic N) is 4. The second-order valence-electron chi connectivity index (χ2n) is 6.57. The van der Waals surface area contributed by atoms with Gasteiger partial charge in [-0.15, -0.1) is 0 Å². The molecule has 2 aliphatic rings. The highest BCUT2D eigenvalue weighted by Gasteiger charge is 2.36. The molecule has 2 saturated heterocycles. The van der Waals surface area contributed by atoms with E-state index in [2.05, 4.69) is 5.16 Å². The van der Waals surface area contributed by atoms with Crippen LogP contribution in [0.25, 0.3) is 0 Å². The van der Waals surface area contributed by atoms with E-state index in [0.717, 1.165) is 25.0 Å². The predicted octanol–water partition coefficient (Wildman–Crippen LogP) is 0.727. The van der Waals surface area contributed by atoms with Gasteiger partial charge in [0, 0.05) is 32.2 Å². The van der Waals surface area contributed by atoms with Gasteiger partial charge in [0.25, 0.3) is 0 Å². The van der Waals surface area contributed by atoms with Crippen molar-refractivity contribution < 1.29 is 18.9 Å². The van der Waals surface area contributed by atoms with Gasteiger partial charge in [-0.2, -0.15) is 0 Å². The van der Waals surface area contributed by atoms with E-state index in [4.69, 9.17) is 4.52 Å². The van der Waals surface area contributed by atoms with Crippen LogP contribution >= 0.6 is 0 Å². The Kier molecular flexibility index (Phi) is 5.06. The fourth-order valence-electron chi connectivity index (χ4n) is 3.50. The molecule has 0 unspecified atom stereocenters. The third-order valence-corrected chi connectivity index (χ3v) is 4.92. The fourth-order valence-corrected chi connectivity index (χ4v) is 3.50. The van der Waals surface area contributed by atoms with Gasteiger partial charge >= 0.3 is 11.8 Å². The first-order chi connectivity index (χ1) is 12.0. The molecule has 0 radical (unpaired) electrons. The normalized spacial score (nSPS) is 21.8. The van der Waals surface area contributed by atoms with Crippen LogP contribution in [0.15, 0.2) is 10.6 Å². The monoisotopic (exact) mass is 348 g/mol. The Morgan fingerprint density at radius 3 is 2.60 bits per heavy atom. The van der Waals surface area contributed by atoms with Crippen molar-refractivity contribution in [1.82, 2.24) is 19.9 Å². The zero-order valence-corrected chi connectivity index (χ0v) is 14.7. The van der Waals surface area contributed by atoms with Gasteiger partial charge in [0.15, 0.2) is 0 Å². The number of likely N-dealkylation sites (tertiary alicyclic amines) is 1. The first-order valence-corrected chi connectivity index (χ1v) is 8.82. The molecule has 3 rings (SSSR count). The van der Waals surface area contributed by atoms with Crippen LogP contribution in [-0.4, -0.2) is 70.3 Å². The summed E-state index contributed by atoms with van der Waals surface area (Å²) in [4.78, 5) is 41.6. The molecule has 0 aromatic carbocycles. The maximum Gasteiger partial charge on any atom is 0.312 e. The van der Waals surface area contributed by atoms with Crippen molar-refractivity contribution in [2.45, 2.75) is 39.2 Å². The van der Waals surface area contributed by atoms with Gasteiger partial charge in [0.1, 0.15) is 18.0 Å². The van der Waals surface area contributed by atoms with Crippen molar-refractivity contribution >= 4 is 17.7 Å². The van der Waals surface area contributed by atoms with Crippen molar-refractivity contribution in [3.63, 3.8) is 0 Å². The number of hydrogen-bond acceptors (Lipinski definition) is 5. The highest BCUT2D eigenvalue weighted by Crippen LogP contribution is 2.30. The molecule has 0 saturated carbocycles.